The molecule has 2 unspecified atom stereocenters. The predicted molar refractivity (Wildman–Crippen MR) is 63.6 cm³/mol. The second-order valence-electron chi connectivity index (χ2n) is 3.99. The lowest BCUT2D eigenvalue weighted by atomic mass is 10.0. The van der Waals surface area contributed by atoms with Crippen LogP contribution >= 0.6 is 11.8 Å². The second kappa shape index (κ2) is 5.15. The third-order valence-electron chi connectivity index (χ3n) is 2.95. The molecular formula is C12H15F2NS. The maximum Gasteiger partial charge on any atom is 0.159 e. The summed E-state index contributed by atoms with van der Waals surface area (Å²) in [6.45, 7) is 0. The van der Waals surface area contributed by atoms with E-state index >= 15 is 0 Å². The second-order valence-corrected chi connectivity index (χ2v) is 5.34. The van der Waals surface area contributed by atoms with Gasteiger partial charge in [-0.1, -0.05) is 6.07 Å². The third-order valence-corrected chi connectivity index (χ3v) is 4.41. The number of halogens is 2. The normalized spacial score (nSPS) is 22.3. The Labute approximate surface area is 98.6 Å². The van der Waals surface area contributed by atoms with E-state index in [-0.39, 0.29) is 6.04 Å². The summed E-state index contributed by atoms with van der Waals surface area (Å²) >= 11 is 1.90. The van der Waals surface area contributed by atoms with Gasteiger partial charge in [0.05, 0.1) is 0 Å². The molecule has 0 aliphatic carbocycles. The van der Waals surface area contributed by atoms with Crippen LogP contribution in [0.2, 0.25) is 0 Å². The summed E-state index contributed by atoms with van der Waals surface area (Å²) in [5.74, 6) is -0.384. The van der Waals surface area contributed by atoms with Crippen molar-refractivity contribution in [1.82, 2.24) is 5.32 Å². The number of benzene rings is 1. The lowest BCUT2D eigenvalue weighted by molar-refractivity contribution is 0.497. The standard InChI is InChI=1S/C12H15F2NS/c1-15-12(11-3-2-6-16-11)8-4-5-9(13)10(14)7-8/h4-5,7,11-12,15H,2-3,6H2,1H3. The number of rotatable bonds is 3. The first-order valence-corrected chi connectivity index (χ1v) is 6.51. The number of hydrogen-bond acceptors (Lipinski definition) is 2. The van der Waals surface area contributed by atoms with Crippen molar-refractivity contribution in [2.45, 2.75) is 24.1 Å². The van der Waals surface area contributed by atoms with E-state index in [4.69, 9.17) is 0 Å². The minimum absolute atomic E-state index is 0.114. The summed E-state index contributed by atoms with van der Waals surface area (Å²) in [7, 11) is 1.87. The van der Waals surface area contributed by atoms with Gasteiger partial charge in [0.25, 0.3) is 0 Å². The molecule has 1 fully saturated rings. The molecule has 0 spiro atoms. The minimum atomic E-state index is -0.780. The Bertz CT molecular complexity index is 364. The lowest BCUT2D eigenvalue weighted by Crippen LogP contribution is -2.25. The fourth-order valence-electron chi connectivity index (χ4n) is 2.14. The van der Waals surface area contributed by atoms with Crippen molar-refractivity contribution in [3.05, 3.63) is 35.4 Å². The van der Waals surface area contributed by atoms with E-state index in [1.165, 1.54) is 18.6 Å². The molecule has 88 valence electrons. The summed E-state index contributed by atoms with van der Waals surface area (Å²) in [5, 5.41) is 3.66. The molecule has 0 radical (unpaired) electrons. The predicted octanol–water partition coefficient (Wildman–Crippen LogP) is 3.12. The molecular weight excluding hydrogens is 228 g/mol. The van der Waals surface area contributed by atoms with Crippen LogP contribution in [-0.4, -0.2) is 18.1 Å². The highest BCUT2D eigenvalue weighted by molar-refractivity contribution is 8.00. The van der Waals surface area contributed by atoms with Crippen molar-refractivity contribution >= 4 is 11.8 Å². The zero-order chi connectivity index (χ0) is 11.5. The van der Waals surface area contributed by atoms with Gasteiger partial charge in [-0.25, -0.2) is 8.78 Å². The number of hydrogen-bond donors (Lipinski definition) is 1. The van der Waals surface area contributed by atoms with Crippen molar-refractivity contribution in [2.75, 3.05) is 12.8 Å². The Balaban J connectivity index is 2.22. The zero-order valence-electron chi connectivity index (χ0n) is 9.17. The van der Waals surface area contributed by atoms with E-state index in [2.05, 4.69) is 5.32 Å². The lowest BCUT2D eigenvalue weighted by Gasteiger charge is -2.22. The maximum atomic E-state index is 13.2. The molecule has 4 heteroatoms. The molecule has 0 aromatic heterocycles. The van der Waals surface area contributed by atoms with Gasteiger partial charge in [-0.05, 0) is 43.3 Å². The van der Waals surface area contributed by atoms with Crippen LogP contribution in [0.25, 0.3) is 0 Å². The molecule has 0 amide bonds. The van der Waals surface area contributed by atoms with Gasteiger partial charge in [0.1, 0.15) is 0 Å². The van der Waals surface area contributed by atoms with Crippen LogP contribution in [0.4, 0.5) is 8.78 Å². The van der Waals surface area contributed by atoms with E-state index < -0.39 is 11.6 Å². The summed E-state index contributed by atoms with van der Waals surface area (Å²) < 4.78 is 26.0. The monoisotopic (exact) mass is 243 g/mol. The van der Waals surface area contributed by atoms with Crippen LogP contribution in [0.5, 0.6) is 0 Å². The number of thioether (sulfide) groups is 1. The van der Waals surface area contributed by atoms with Crippen LogP contribution in [0, 0.1) is 11.6 Å². The first kappa shape index (κ1) is 11.9. The smallest absolute Gasteiger partial charge is 0.159 e. The van der Waals surface area contributed by atoms with Crippen molar-refractivity contribution in [3.63, 3.8) is 0 Å². The van der Waals surface area contributed by atoms with Gasteiger partial charge in [-0.15, -0.1) is 0 Å². The average molecular weight is 243 g/mol. The Morgan fingerprint density at radius 3 is 2.75 bits per heavy atom. The van der Waals surface area contributed by atoms with Crippen LogP contribution in [0.15, 0.2) is 18.2 Å². The van der Waals surface area contributed by atoms with Gasteiger partial charge in [0.15, 0.2) is 11.6 Å². The van der Waals surface area contributed by atoms with Crippen LogP contribution in [0.1, 0.15) is 24.4 Å². The van der Waals surface area contributed by atoms with Crippen molar-refractivity contribution in [1.29, 1.82) is 0 Å². The van der Waals surface area contributed by atoms with Crippen molar-refractivity contribution in [2.24, 2.45) is 0 Å². The Hall–Kier alpha value is -0.610. The van der Waals surface area contributed by atoms with Gasteiger partial charge in [-0.3, -0.25) is 0 Å². The van der Waals surface area contributed by atoms with Crippen LogP contribution in [-0.2, 0) is 0 Å². The molecule has 1 nitrogen and oxygen atoms in total. The summed E-state index contributed by atoms with van der Waals surface area (Å²) in [5.41, 5.74) is 0.834. The fourth-order valence-corrected chi connectivity index (χ4v) is 3.59. The van der Waals surface area contributed by atoms with E-state index in [1.807, 2.05) is 18.8 Å². The van der Waals surface area contributed by atoms with E-state index in [0.717, 1.165) is 17.7 Å². The van der Waals surface area contributed by atoms with Crippen molar-refractivity contribution in [3.8, 4) is 0 Å². The molecule has 1 N–H and O–H groups in total. The highest BCUT2D eigenvalue weighted by Gasteiger charge is 2.26. The minimum Gasteiger partial charge on any atom is -0.312 e. The Morgan fingerprint density at radius 2 is 2.19 bits per heavy atom. The molecule has 1 aliphatic rings. The summed E-state index contributed by atoms with van der Waals surface area (Å²) in [6, 6.07) is 4.28. The van der Waals surface area contributed by atoms with Crippen molar-refractivity contribution < 1.29 is 8.78 Å². The molecule has 0 saturated carbocycles. The first-order valence-electron chi connectivity index (χ1n) is 5.46. The maximum absolute atomic E-state index is 13.2. The van der Waals surface area contributed by atoms with Crippen LogP contribution in [0.3, 0.4) is 0 Å². The Kier molecular flexibility index (Phi) is 3.82. The topological polar surface area (TPSA) is 12.0 Å². The molecule has 16 heavy (non-hydrogen) atoms. The highest BCUT2D eigenvalue weighted by Crippen LogP contribution is 2.36. The molecule has 2 rings (SSSR count). The van der Waals surface area contributed by atoms with E-state index in [0.29, 0.717) is 5.25 Å². The average Bonchev–Trinajstić information content (AvgIpc) is 2.78. The van der Waals surface area contributed by atoms with Gasteiger partial charge < -0.3 is 5.32 Å². The van der Waals surface area contributed by atoms with Gasteiger partial charge in [0, 0.05) is 11.3 Å². The molecule has 1 heterocycles. The molecule has 0 bridgehead atoms. The third kappa shape index (κ3) is 2.38. The van der Waals surface area contributed by atoms with Gasteiger partial charge >= 0.3 is 0 Å². The number of nitrogens with one attached hydrogen (secondary N) is 1. The highest BCUT2D eigenvalue weighted by atomic mass is 32.2. The SMILES string of the molecule is CNC(c1ccc(F)c(F)c1)C1CCCS1. The fraction of sp³-hybridized carbons (Fsp3) is 0.500. The Morgan fingerprint density at radius 1 is 1.38 bits per heavy atom. The summed E-state index contributed by atoms with van der Waals surface area (Å²) in [4.78, 5) is 0. The quantitative estimate of drug-likeness (QED) is 0.875. The molecule has 1 aliphatic heterocycles. The van der Waals surface area contributed by atoms with E-state index in [9.17, 15) is 8.78 Å². The first-order chi connectivity index (χ1) is 7.72. The van der Waals surface area contributed by atoms with E-state index in [1.54, 1.807) is 6.07 Å². The van der Waals surface area contributed by atoms with Gasteiger partial charge in [-0.2, -0.15) is 11.8 Å². The van der Waals surface area contributed by atoms with Crippen LogP contribution < -0.4 is 5.32 Å². The molecule has 2 atom stereocenters. The largest absolute Gasteiger partial charge is 0.312 e. The molecule has 1 saturated heterocycles. The zero-order valence-corrected chi connectivity index (χ0v) is 9.99. The molecule has 1 aromatic rings. The van der Waals surface area contributed by atoms with Gasteiger partial charge in [0.2, 0.25) is 0 Å². The summed E-state index contributed by atoms with van der Waals surface area (Å²) in [6.07, 6.45) is 2.34. The molecule has 1 aromatic carbocycles.